The monoisotopic (exact) mass is 467 g/mol. The van der Waals surface area contributed by atoms with Gasteiger partial charge in [-0.15, -0.1) is 0 Å². The van der Waals surface area contributed by atoms with Gasteiger partial charge in [0.05, 0.1) is 5.56 Å². The van der Waals surface area contributed by atoms with Crippen LogP contribution in [0.3, 0.4) is 0 Å². The number of nitrogens with one attached hydrogen (secondary N) is 1. The van der Waals surface area contributed by atoms with Crippen LogP contribution in [-0.4, -0.2) is 29.9 Å². The Labute approximate surface area is 195 Å². The number of amides is 3. The van der Waals surface area contributed by atoms with E-state index in [-0.39, 0.29) is 11.6 Å². The molecule has 34 heavy (non-hydrogen) atoms. The Bertz CT molecular complexity index is 1180. The average Bonchev–Trinajstić information content (AvgIpc) is 2.81. The molecule has 3 amide bonds. The van der Waals surface area contributed by atoms with Crippen molar-refractivity contribution in [3.63, 3.8) is 0 Å². The summed E-state index contributed by atoms with van der Waals surface area (Å²) in [5, 5.41) is 2.70. The molecule has 0 aromatic heterocycles. The fourth-order valence-electron chi connectivity index (χ4n) is 3.85. The number of hydrogen-bond acceptors (Lipinski definition) is 2. The van der Waals surface area contributed by atoms with Crippen LogP contribution < -0.4 is 10.2 Å². The number of carbonyl (C=O) groups excluding carboxylic acids is 2. The van der Waals surface area contributed by atoms with E-state index in [1.165, 1.54) is 0 Å². The van der Waals surface area contributed by atoms with Crippen molar-refractivity contribution >= 4 is 23.3 Å². The highest BCUT2D eigenvalue weighted by Gasteiger charge is 2.30. The Morgan fingerprint density at radius 2 is 1.68 bits per heavy atom. The molecule has 1 aliphatic heterocycles. The first-order valence-electron chi connectivity index (χ1n) is 10.9. The second-order valence-electron chi connectivity index (χ2n) is 8.27. The molecule has 1 N–H and O–H groups in total. The third kappa shape index (κ3) is 5.39. The fraction of sp³-hybridized carbons (Fsp3) is 0.231. The van der Waals surface area contributed by atoms with Crippen LogP contribution in [0, 0.1) is 6.92 Å². The minimum Gasteiger partial charge on any atom is -0.322 e. The number of aryl methyl sites for hydroxylation is 1. The zero-order chi connectivity index (χ0) is 24.3. The maximum atomic E-state index is 13.1. The quantitative estimate of drug-likeness (QED) is 0.493. The van der Waals surface area contributed by atoms with Crippen molar-refractivity contribution in [2.75, 3.05) is 23.3 Å². The van der Waals surface area contributed by atoms with Crippen molar-refractivity contribution in [1.29, 1.82) is 0 Å². The molecular formula is C26H24F3N3O2. The van der Waals surface area contributed by atoms with E-state index in [4.69, 9.17) is 0 Å². The number of carbonyl (C=O) groups is 2. The summed E-state index contributed by atoms with van der Waals surface area (Å²) in [4.78, 5) is 29.1. The standard InChI is InChI=1S/C26H24F3N3O2/c1-18-6-8-19(9-7-18)17-31-14-3-15-32(25(31)34)23-5-2-4-22(16-23)30-24(33)20-10-12-21(13-11-20)26(27,28)29/h2,4-13,16H,3,14-15,17H2,1H3,(H,30,33). The molecule has 0 aliphatic carbocycles. The van der Waals surface area contributed by atoms with E-state index in [2.05, 4.69) is 5.32 Å². The van der Waals surface area contributed by atoms with Crippen molar-refractivity contribution < 1.29 is 22.8 Å². The maximum Gasteiger partial charge on any atom is 0.416 e. The molecule has 4 rings (SSSR count). The predicted molar refractivity (Wildman–Crippen MR) is 125 cm³/mol. The van der Waals surface area contributed by atoms with Gasteiger partial charge in [0.2, 0.25) is 0 Å². The first-order chi connectivity index (χ1) is 16.2. The number of benzene rings is 3. The van der Waals surface area contributed by atoms with Crippen LogP contribution in [0.5, 0.6) is 0 Å². The SMILES string of the molecule is Cc1ccc(CN2CCCN(c3cccc(NC(=O)c4ccc(C(F)(F)F)cc4)c3)C2=O)cc1. The molecule has 0 atom stereocenters. The van der Waals surface area contributed by atoms with Gasteiger partial charge in [-0.2, -0.15) is 13.2 Å². The van der Waals surface area contributed by atoms with Gasteiger partial charge in [0.25, 0.3) is 5.91 Å². The van der Waals surface area contributed by atoms with E-state index in [9.17, 15) is 22.8 Å². The first kappa shape index (κ1) is 23.4. The Morgan fingerprint density at radius 1 is 0.971 bits per heavy atom. The molecule has 1 saturated heterocycles. The third-order valence-electron chi connectivity index (χ3n) is 5.70. The molecule has 3 aromatic carbocycles. The Kier molecular flexibility index (Phi) is 6.58. The molecular weight excluding hydrogens is 443 g/mol. The predicted octanol–water partition coefficient (Wildman–Crippen LogP) is 6.10. The summed E-state index contributed by atoms with van der Waals surface area (Å²) in [6.07, 6.45) is -3.66. The number of nitrogens with zero attached hydrogens (tertiary/aromatic N) is 2. The molecule has 0 radical (unpaired) electrons. The molecule has 0 spiro atoms. The lowest BCUT2D eigenvalue weighted by atomic mass is 10.1. The van der Waals surface area contributed by atoms with E-state index in [1.54, 1.807) is 34.1 Å². The molecule has 5 nitrogen and oxygen atoms in total. The molecule has 0 unspecified atom stereocenters. The van der Waals surface area contributed by atoms with E-state index in [0.717, 1.165) is 41.8 Å². The largest absolute Gasteiger partial charge is 0.416 e. The second-order valence-corrected chi connectivity index (χ2v) is 8.27. The molecule has 1 aliphatic rings. The molecule has 8 heteroatoms. The van der Waals surface area contributed by atoms with Crippen LogP contribution in [-0.2, 0) is 12.7 Å². The lowest BCUT2D eigenvalue weighted by molar-refractivity contribution is -0.137. The van der Waals surface area contributed by atoms with E-state index < -0.39 is 17.6 Å². The minimum atomic E-state index is -4.46. The van der Waals surface area contributed by atoms with E-state index in [1.807, 2.05) is 31.2 Å². The van der Waals surface area contributed by atoms with Gasteiger partial charge in [-0.3, -0.25) is 9.69 Å². The normalized spacial score (nSPS) is 14.3. The molecule has 176 valence electrons. The fourth-order valence-corrected chi connectivity index (χ4v) is 3.85. The summed E-state index contributed by atoms with van der Waals surface area (Å²) in [6, 6.07) is 18.9. The van der Waals surface area contributed by atoms with Gasteiger partial charge in [0.1, 0.15) is 0 Å². The second kappa shape index (κ2) is 9.59. The van der Waals surface area contributed by atoms with Crippen LogP contribution >= 0.6 is 0 Å². The van der Waals surface area contributed by atoms with Gasteiger partial charge in [0.15, 0.2) is 0 Å². The Balaban J connectivity index is 1.45. The van der Waals surface area contributed by atoms with Crippen LogP contribution in [0.15, 0.2) is 72.8 Å². The molecule has 3 aromatic rings. The average molecular weight is 467 g/mol. The lowest BCUT2D eigenvalue weighted by Gasteiger charge is -2.36. The molecule has 0 bridgehead atoms. The van der Waals surface area contributed by atoms with Gasteiger partial charge in [-0.25, -0.2) is 4.79 Å². The highest BCUT2D eigenvalue weighted by Crippen LogP contribution is 2.29. The smallest absolute Gasteiger partial charge is 0.322 e. The van der Waals surface area contributed by atoms with Crippen LogP contribution in [0.2, 0.25) is 0 Å². The Morgan fingerprint density at radius 3 is 2.35 bits per heavy atom. The number of urea groups is 1. The van der Waals surface area contributed by atoms with Crippen LogP contribution in [0.4, 0.5) is 29.3 Å². The zero-order valence-electron chi connectivity index (χ0n) is 18.6. The highest BCUT2D eigenvalue weighted by atomic mass is 19.4. The molecule has 1 fully saturated rings. The number of anilines is 2. The molecule has 0 saturated carbocycles. The summed E-state index contributed by atoms with van der Waals surface area (Å²) in [5.41, 5.74) is 2.60. The van der Waals surface area contributed by atoms with Crippen LogP contribution in [0.25, 0.3) is 0 Å². The number of alkyl halides is 3. The Hall–Kier alpha value is -3.81. The number of halogens is 3. The molecule has 1 heterocycles. The number of hydrogen-bond donors (Lipinski definition) is 1. The van der Waals surface area contributed by atoms with Crippen molar-refractivity contribution in [3.8, 4) is 0 Å². The first-order valence-corrected chi connectivity index (χ1v) is 10.9. The van der Waals surface area contributed by atoms with Crippen LogP contribution in [0.1, 0.15) is 33.5 Å². The number of rotatable bonds is 5. The maximum absolute atomic E-state index is 13.1. The van der Waals surface area contributed by atoms with Crippen molar-refractivity contribution in [2.24, 2.45) is 0 Å². The zero-order valence-corrected chi connectivity index (χ0v) is 18.6. The summed E-state index contributed by atoms with van der Waals surface area (Å²) in [7, 11) is 0. The lowest BCUT2D eigenvalue weighted by Crippen LogP contribution is -2.49. The topological polar surface area (TPSA) is 52.6 Å². The van der Waals surface area contributed by atoms with Gasteiger partial charge in [-0.05, 0) is 61.4 Å². The van der Waals surface area contributed by atoms with E-state index in [0.29, 0.717) is 31.0 Å². The van der Waals surface area contributed by atoms with Crippen molar-refractivity contribution in [2.45, 2.75) is 26.1 Å². The van der Waals surface area contributed by atoms with Gasteiger partial charge in [0, 0.05) is 36.6 Å². The highest BCUT2D eigenvalue weighted by molar-refractivity contribution is 6.04. The third-order valence-corrected chi connectivity index (χ3v) is 5.70. The van der Waals surface area contributed by atoms with Gasteiger partial charge >= 0.3 is 12.2 Å². The summed E-state index contributed by atoms with van der Waals surface area (Å²) in [5.74, 6) is -0.531. The van der Waals surface area contributed by atoms with Gasteiger partial charge in [-0.1, -0.05) is 35.9 Å². The van der Waals surface area contributed by atoms with Crippen molar-refractivity contribution in [3.05, 3.63) is 95.1 Å². The van der Waals surface area contributed by atoms with Crippen molar-refractivity contribution in [1.82, 2.24) is 4.90 Å². The minimum absolute atomic E-state index is 0.108. The van der Waals surface area contributed by atoms with E-state index >= 15 is 0 Å². The van der Waals surface area contributed by atoms with Gasteiger partial charge < -0.3 is 10.2 Å². The summed E-state index contributed by atoms with van der Waals surface area (Å²) < 4.78 is 38.2. The summed E-state index contributed by atoms with van der Waals surface area (Å²) in [6.45, 7) is 3.74. The summed E-state index contributed by atoms with van der Waals surface area (Å²) >= 11 is 0.